The fourth-order valence-electron chi connectivity index (χ4n) is 2.41. The zero-order valence-electron chi connectivity index (χ0n) is 11.3. The number of esters is 1. The molecule has 0 aromatic carbocycles. The monoisotopic (exact) mass is 314 g/mol. The predicted octanol–water partition coefficient (Wildman–Crippen LogP) is 2.72. The van der Waals surface area contributed by atoms with Crippen molar-refractivity contribution in [2.75, 3.05) is 13.7 Å². The van der Waals surface area contributed by atoms with Gasteiger partial charge in [-0.3, -0.25) is 0 Å². The molecule has 108 valence electrons. The van der Waals surface area contributed by atoms with Crippen LogP contribution in [0.15, 0.2) is 0 Å². The molecule has 0 spiro atoms. The topological polar surface area (TPSA) is 53.3 Å². The zero-order valence-corrected chi connectivity index (χ0v) is 12.9. The second-order valence-electron chi connectivity index (χ2n) is 4.76. The van der Waals surface area contributed by atoms with Crippen molar-refractivity contribution in [2.45, 2.75) is 31.9 Å². The fraction of sp³-hybridized carbons (Fsp3) is 0.538. The molecule has 2 aromatic heterocycles. The van der Waals surface area contributed by atoms with Crippen LogP contribution in [0.5, 0.6) is 0 Å². The lowest BCUT2D eigenvalue weighted by molar-refractivity contribution is -0.0589. The number of nitrogens with zero attached hydrogens (tertiary/aromatic N) is 2. The Morgan fingerprint density at radius 2 is 2.40 bits per heavy atom. The smallest absolute Gasteiger partial charge is 0.348 e. The van der Waals surface area contributed by atoms with Gasteiger partial charge in [0.15, 0.2) is 0 Å². The van der Waals surface area contributed by atoms with E-state index in [9.17, 15) is 4.79 Å². The van der Waals surface area contributed by atoms with Gasteiger partial charge in [-0.15, -0.1) is 22.9 Å². The van der Waals surface area contributed by atoms with Gasteiger partial charge in [0.05, 0.1) is 31.2 Å². The van der Waals surface area contributed by atoms with Gasteiger partial charge in [0.2, 0.25) is 0 Å². The first kappa shape index (κ1) is 13.9. The molecule has 2 aromatic rings. The summed E-state index contributed by atoms with van der Waals surface area (Å²) in [6, 6.07) is 0. The van der Waals surface area contributed by atoms with Crippen LogP contribution in [0.25, 0.3) is 10.3 Å². The maximum atomic E-state index is 11.8. The molecule has 0 N–H and O–H groups in total. The van der Waals surface area contributed by atoms with Gasteiger partial charge < -0.3 is 14.0 Å². The molecule has 0 aliphatic carbocycles. The lowest BCUT2D eigenvalue weighted by Crippen LogP contribution is -2.31. The number of ether oxygens (including phenoxy) is 2. The van der Waals surface area contributed by atoms with Crippen molar-refractivity contribution in [1.82, 2.24) is 9.55 Å². The number of fused-ring (bicyclic) bond motifs is 1. The normalized spacial score (nSPS) is 18.2. The van der Waals surface area contributed by atoms with Crippen molar-refractivity contribution < 1.29 is 14.3 Å². The van der Waals surface area contributed by atoms with Crippen molar-refractivity contribution >= 4 is 39.3 Å². The molecule has 5 nitrogen and oxygen atoms in total. The average molecular weight is 315 g/mol. The number of carbonyl (C=O) groups excluding carboxylic acids is 1. The highest BCUT2D eigenvalue weighted by Gasteiger charge is 2.25. The second kappa shape index (κ2) is 5.35. The number of aromatic nitrogens is 2. The summed E-state index contributed by atoms with van der Waals surface area (Å²) < 4.78 is 12.4. The van der Waals surface area contributed by atoms with Gasteiger partial charge in [-0.1, -0.05) is 0 Å². The van der Waals surface area contributed by atoms with E-state index < -0.39 is 0 Å². The van der Waals surface area contributed by atoms with Gasteiger partial charge >= 0.3 is 5.97 Å². The zero-order chi connectivity index (χ0) is 14.3. The van der Waals surface area contributed by atoms with Crippen LogP contribution in [-0.4, -0.2) is 35.3 Å². The van der Waals surface area contributed by atoms with E-state index in [0.29, 0.717) is 10.8 Å². The summed E-state index contributed by atoms with van der Waals surface area (Å²) in [5.74, 6) is 0.855. The molecule has 1 aliphatic heterocycles. The Balaban J connectivity index is 2.09. The van der Waals surface area contributed by atoms with Gasteiger partial charge in [0.1, 0.15) is 15.5 Å². The van der Waals surface area contributed by atoms with E-state index in [1.807, 2.05) is 6.92 Å². The van der Waals surface area contributed by atoms with Crippen LogP contribution < -0.4 is 0 Å². The molecule has 0 radical (unpaired) electrons. The number of imidazole rings is 1. The maximum absolute atomic E-state index is 11.8. The van der Waals surface area contributed by atoms with Crippen molar-refractivity contribution in [3.63, 3.8) is 0 Å². The highest BCUT2D eigenvalue weighted by Crippen LogP contribution is 2.33. The van der Waals surface area contributed by atoms with Crippen molar-refractivity contribution in [3.8, 4) is 0 Å². The molecule has 20 heavy (non-hydrogen) atoms. The van der Waals surface area contributed by atoms with Crippen LogP contribution >= 0.6 is 22.9 Å². The Bertz CT molecular complexity index is 660. The molecule has 0 unspecified atom stereocenters. The maximum Gasteiger partial charge on any atom is 0.348 e. The molecule has 0 bridgehead atoms. The summed E-state index contributed by atoms with van der Waals surface area (Å²) in [5, 5.41) is 0. The number of rotatable bonds is 4. The van der Waals surface area contributed by atoms with Gasteiger partial charge in [-0.2, -0.15) is 0 Å². The number of carbonyl (C=O) groups is 1. The highest BCUT2D eigenvalue weighted by molar-refractivity contribution is 7.20. The molecule has 3 rings (SSSR count). The van der Waals surface area contributed by atoms with Gasteiger partial charge in [-0.05, 0) is 13.3 Å². The molecule has 3 heterocycles. The molecule has 7 heteroatoms. The first-order chi connectivity index (χ1) is 9.65. The Labute approximate surface area is 125 Å². The van der Waals surface area contributed by atoms with Gasteiger partial charge in [-0.25, -0.2) is 9.78 Å². The van der Waals surface area contributed by atoms with E-state index in [1.54, 1.807) is 0 Å². The Kier molecular flexibility index (Phi) is 3.70. The Morgan fingerprint density at radius 1 is 1.65 bits per heavy atom. The van der Waals surface area contributed by atoms with Crippen LogP contribution in [0.1, 0.15) is 27.5 Å². The molecule has 1 fully saturated rings. The Morgan fingerprint density at radius 3 is 2.95 bits per heavy atom. The third-order valence-electron chi connectivity index (χ3n) is 3.58. The number of thiophene rings is 1. The van der Waals surface area contributed by atoms with Crippen molar-refractivity contribution in [3.05, 3.63) is 16.3 Å². The molecule has 0 saturated carbocycles. The summed E-state index contributed by atoms with van der Waals surface area (Å²) in [7, 11) is 1.39. The minimum Gasteiger partial charge on any atom is -0.465 e. The number of alkyl halides is 1. The molecular formula is C13H15ClN2O3S. The summed E-state index contributed by atoms with van der Waals surface area (Å²) in [6.45, 7) is 3.47. The van der Waals surface area contributed by atoms with E-state index >= 15 is 0 Å². The largest absolute Gasteiger partial charge is 0.465 e. The lowest BCUT2D eigenvalue weighted by Gasteiger charge is -2.27. The number of hydrogen-bond acceptors (Lipinski definition) is 5. The van der Waals surface area contributed by atoms with E-state index in [4.69, 9.17) is 21.1 Å². The van der Waals surface area contributed by atoms with E-state index in [2.05, 4.69) is 9.55 Å². The molecule has 1 atom stereocenters. The minimum atomic E-state index is -0.315. The van der Waals surface area contributed by atoms with E-state index in [-0.39, 0.29) is 12.1 Å². The summed E-state index contributed by atoms with van der Waals surface area (Å²) in [6.07, 6.45) is 1.27. The standard InChI is InChI=1S/C13H15ClN2O3S/c1-7-10-12(20-11(7)13(17)18-2)15-9(5-14)16(10)6-8-3-4-19-8/h8H,3-6H2,1-2H3/t8-/m0/s1. The van der Waals surface area contributed by atoms with Crippen LogP contribution in [0.3, 0.4) is 0 Å². The molecular weight excluding hydrogens is 300 g/mol. The van der Waals surface area contributed by atoms with E-state index in [0.717, 1.165) is 41.3 Å². The SMILES string of the molecule is COC(=O)c1sc2nc(CCl)n(C[C@@H]3CCO3)c2c1C. The number of aryl methyl sites for hydroxylation is 1. The summed E-state index contributed by atoms with van der Waals surface area (Å²) in [4.78, 5) is 17.7. The quantitative estimate of drug-likeness (QED) is 0.643. The summed E-state index contributed by atoms with van der Waals surface area (Å²) >= 11 is 7.33. The minimum absolute atomic E-state index is 0.218. The Hall–Kier alpha value is -1.11. The lowest BCUT2D eigenvalue weighted by atomic mass is 10.2. The predicted molar refractivity (Wildman–Crippen MR) is 77.6 cm³/mol. The fourth-order valence-corrected chi connectivity index (χ4v) is 3.73. The first-order valence-electron chi connectivity index (χ1n) is 6.40. The number of hydrogen-bond donors (Lipinski definition) is 0. The number of methoxy groups -OCH3 is 1. The molecule has 1 aliphatic rings. The highest BCUT2D eigenvalue weighted by atomic mass is 35.5. The van der Waals surface area contributed by atoms with Gasteiger partial charge in [0, 0.05) is 12.2 Å². The number of halogens is 1. The first-order valence-corrected chi connectivity index (χ1v) is 7.75. The van der Waals surface area contributed by atoms with Gasteiger partial charge in [0.25, 0.3) is 0 Å². The second-order valence-corrected chi connectivity index (χ2v) is 6.02. The third kappa shape index (κ3) is 2.12. The van der Waals surface area contributed by atoms with Crippen molar-refractivity contribution in [1.29, 1.82) is 0 Å². The van der Waals surface area contributed by atoms with Crippen LogP contribution in [-0.2, 0) is 21.9 Å². The third-order valence-corrected chi connectivity index (χ3v) is 4.97. The van der Waals surface area contributed by atoms with E-state index in [1.165, 1.54) is 18.4 Å². The van der Waals surface area contributed by atoms with Crippen LogP contribution in [0, 0.1) is 6.92 Å². The van der Waals surface area contributed by atoms with Crippen LogP contribution in [0.2, 0.25) is 0 Å². The molecule has 1 saturated heterocycles. The molecule has 0 amide bonds. The van der Waals surface area contributed by atoms with Crippen molar-refractivity contribution in [2.24, 2.45) is 0 Å². The van der Waals surface area contributed by atoms with Crippen LogP contribution in [0.4, 0.5) is 0 Å². The summed E-state index contributed by atoms with van der Waals surface area (Å²) in [5.41, 5.74) is 1.88. The average Bonchev–Trinajstić information content (AvgIpc) is 2.90.